The van der Waals surface area contributed by atoms with E-state index in [1.165, 1.54) is 11.3 Å². The van der Waals surface area contributed by atoms with Gasteiger partial charge in [-0.25, -0.2) is 4.98 Å². The topological polar surface area (TPSA) is 78.3 Å². The highest BCUT2D eigenvalue weighted by atomic mass is 32.1. The van der Waals surface area contributed by atoms with E-state index >= 15 is 0 Å². The van der Waals surface area contributed by atoms with Gasteiger partial charge in [0.15, 0.2) is 11.5 Å². The first-order valence-corrected chi connectivity index (χ1v) is 9.12. The molecular weight excluding hydrogens is 352 g/mol. The van der Waals surface area contributed by atoms with Crippen molar-refractivity contribution in [3.8, 4) is 27.9 Å². The van der Waals surface area contributed by atoms with Gasteiger partial charge in [-0.3, -0.25) is 4.79 Å². The number of ether oxygens (including phenoxy) is 2. The summed E-state index contributed by atoms with van der Waals surface area (Å²) in [4.78, 5) is 16.7. The van der Waals surface area contributed by atoms with Gasteiger partial charge in [-0.05, 0) is 25.1 Å². The molecule has 0 radical (unpaired) electrons. The number of hydrogen-bond donors (Lipinski definition) is 1. The zero-order valence-corrected chi connectivity index (χ0v) is 15.5. The van der Waals surface area contributed by atoms with Gasteiger partial charge in [0.05, 0.1) is 11.4 Å². The lowest BCUT2D eigenvalue weighted by Crippen LogP contribution is -2.19. The van der Waals surface area contributed by atoms with Crippen LogP contribution in [0.2, 0.25) is 0 Å². The van der Waals surface area contributed by atoms with Crippen LogP contribution in [0.3, 0.4) is 0 Å². The predicted octanol–water partition coefficient (Wildman–Crippen LogP) is 3.63. The second kappa shape index (κ2) is 6.45. The third-order valence-electron chi connectivity index (χ3n) is 3.95. The van der Waals surface area contributed by atoms with Crippen LogP contribution in [0, 0.1) is 12.8 Å². The van der Waals surface area contributed by atoms with Gasteiger partial charge in [-0.15, -0.1) is 11.3 Å². The quantitative estimate of drug-likeness (QED) is 0.759. The highest BCUT2D eigenvalue weighted by Crippen LogP contribution is 2.36. The average molecular weight is 370 g/mol. The van der Waals surface area contributed by atoms with Gasteiger partial charge in [0.1, 0.15) is 5.82 Å². The third kappa shape index (κ3) is 3.03. The van der Waals surface area contributed by atoms with Gasteiger partial charge >= 0.3 is 0 Å². The maximum atomic E-state index is 12.0. The van der Waals surface area contributed by atoms with Crippen molar-refractivity contribution in [3.63, 3.8) is 0 Å². The molecule has 0 fully saturated rings. The standard InChI is InChI=1S/C18H18N4O3S/c1-10(2)17(23)20-16-6-11(3)21-22(16)18-19-13(8-26-18)12-4-5-14-15(7-12)25-9-24-14/h4-8,10H,9H2,1-3H3,(H,20,23). The van der Waals surface area contributed by atoms with Crippen LogP contribution in [0.4, 0.5) is 5.82 Å². The molecule has 0 spiro atoms. The van der Waals surface area contributed by atoms with E-state index < -0.39 is 0 Å². The van der Waals surface area contributed by atoms with Crippen LogP contribution in [-0.4, -0.2) is 27.5 Å². The molecule has 0 aliphatic carbocycles. The summed E-state index contributed by atoms with van der Waals surface area (Å²) in [5.41, 5.74) is 2.56. The predicted molar refractivity (Wildman–Crippen MR) is 99.0 cm³/mol. The van der Waals surface area contributed by atoms with Gasteiger partial charge in [0.2, 0.25) is 17.8 Å². The first-order chi connectivity index (χ1) is 12.5. The van der Waals surface area contributed by atoms with Gasteiger partial charge < -0.3 is 14.8 Å². The Kier molecular flexibility index (Phi) is 4.12. The van der Waals surface area contributed by atoms with E-state index in [1.807, 2.05) is 50.4 Å². The number of amides is 1. The van der Waals surface area contributed by atoms with E-state index in [0.717, 1.165) is 28.5 Å². The van der Waals surface area contributed by atoms with E-state index in [1.54, 1.807) is 4.68 Å². The maximum absolute atomic E-state index is 12.0. The molecule has 3 aromatic rings. The molecule has 8 heteroatoms. The Labute approximate surface area is 154 Å². The molecule has 3 heterocycles. The Morgan fingerprint density at radius 2 is 2.08 bits per heavy atom. The molecule has 0 atom stereocenters. The second-order valence-corrected chi connectivity index (χ2v) is 7.15. The lowest BCUT2D eigenvalue weighted by molar-refractivity contribution is -0.118. The number of anilines is 1. The van der Waals surface area contributed by atoms with Crippen molar-refractivity contribution in [1.29, 1.82) is 0 Å². The molecule has 0 unspecified atom stereocenters. The Bertz CT molecular complexity index is 977. The van der Waals surface area contributed by atoms with Gasteiger partial charge in [-0.1, -0.05) is 13.8 Å². The fourth-order valence-corrected chi connectivity index (χ4v) is 3.35. The molecule has 1 N–H and O–H groups in total. The number of rotatable bonds is 4. The number of aromatic nitrogens is 3. The van der Waals surface area contributed by atoms with Crippen molar-refractivity contribution in [2.45, 2.75) is 20.8 Å². The molecular formula is C18H18N4O3S. The number of carbonyl (C=O) groups is 1. The largest absolute Gasteiger partial charge is 0.454 e. The number of aryl methyl sites for hydroxylation is 1. The van der Waals surface area contributed by atoms with E-state index in [2.05, 4.69) is 15.4 Å². The van der Waals surface area contributed by atoms with Gasteiger partial charge in [-0.2, -0.15) is 9.78 Å². The summed E-state index contributed by atoms with van der Waals surface area (Å²) in [7, 11) is 0. The molecule has 26 heavy (non-hydrogen) atoms. The van der Waals surface area contributed by atoms with Crippen LogP contribution in [0.15, 0.2) is 29.6 Å². The van der Waals surface area contributed by atoms with E-state index in [9.17, 15) is 4.79 Å². The summed E-state index contributed by atoms with van der Waals surface area (Å²) >= 11 is 1.46. The number of nitrogens with zero attached hydrogens (tertiary/aromatic N) is 3. The molecule has 2 aromatic heterocycles. The smallest absolute Gasteiger partial charge is 0.231 e. The normalized spacial score (nSPS) is 12.6. The molecule has 1 aliphatic heterocycles. The van der Waals surface area contributed by atoms with Crippen LogP contribution < -0.4 is 14.8 Å². The first-order valence-electron chi connectivity index (χ1n) is 8.25. The van der Waals surface area contributed by atoms with Gasteiger partial charge in [0.25, 0.3) is 0 Å². The molecule has 0 saturated carbocycles. The molecule has 134 valence electrons. The number of benzene rings is 1. The summed E-state index contributed by atoms with van der Waals surface area (Å²) in [5, 5.41) is 10.0. The Hall–Kier alpha value is -2.87. The molecule has 7 nitrogen and oxygen atoms in total. The Morgan fingerprint density at radius 3 is 2.88 bits per heavy atom. The minimum Gasteiger partial charge on any atom is -0.454 e. The zero-order valence-electron chi connectivity index (χ0n) is 14.6. The summed E-state index contributed by atoms with van der Waals surface area (Å²) in [5.74, 6) is 1.91. The molecule has 0 bridgehead atoms. The second-order valence-electron chi connectivity index (χ2n) is 6.31. The van der Waals surface area contributed by atoms with Crippen LogP contribution in [0.25, 0.3) is 16.4 Å². The number of carbonyl (C=O) groups excluding carboxylic acids is 1. The SMILES string of the molecule is Cc1cc(NC(=O)C(C)C)n(-c2nc(-c3ccc4c(c3)OCO4)cs2)n1. The summed E-state index contributed by atoms with van der Waals surface area (Å²) in [6, 6.07) is 7.57. The third-order valence-corrected chi connectivity index (χ3v) is 4.76. The maximum Gasteiger partial charge on any atom is 0.231 e. The Balaban J connectivity index is 1.65. The van der Waals surface area contributed by atoms with Crippen molar-refractivity contribution in [1.82, 2.24) is 14.8 Å². The van der Waals surface area contributed by atoms with Crippen LogP contribution in [-0.2, 0) is 4.79 Å². The highest BCUT2D eigenvalue weighted by molar-refractivity contribution is 7.12. The van der Waals surface area contributed by atoms with Crippen LogP contribution in [0.1, 0.15) is 19.5 Å². The molecule has 4 rings (SSSR count). The number of hydrogen-bond acceptors (Lipinski definition) is 6. The summed E-state index contributed by atoms with van der Waals surface area (Å²) < 4.78 is 12.4. The number of nitrogens with one attached hydrogen (secondary N) is 1. The summed E-state index contributed by atoms with van der Waals surface area (Å²) in [6.45, 7) is 5.83. The molecule has 1 aliphatic rings. The van der Waals surface area contributed by atoms with E-state index in [0.29, 0.717) is 10.9 Å². The Morgan fingerprint density at radius 1 is 1.27 bits per heavy atom. The van der Waals surface area contributed by atoms with Crippen molar-refractivity contribution in [3.05, 3.63) is 35.3 Å². The first kappa shape index (κ1) is 16.6. The van der Waals surface area contributed by atoms with E-state index in [-0.39, 0.29) is 18.6 Å². The fourth-order valence-electron chi connectivity index (χ4n) is 2.55. The lowest BCUT2D eigenvalue weighted by atomic mass is 10.1. The number of fused-ring (bicyclic) bond motifs is 1. The fraction of sp³-hybridized carbons (Fsp3) is 0.278. The van der Waals surface area contributed by atoms with Crippen molar-refractivity contribution in [2.24, 2.45) is 5.92 Å². The van der Waals surface area contributed by atoms with E-state index in [4.69, 9.17) is 9.47 Å². The van der Waals surface area contributed by atoms with Crippen molar-refractivity contribution >= 4 is 23.1 Å². The molecule has 1 amide bonds. The highest BCUT2D eigenvalue weighted by Gasteiger charge is 2.18. The van der Waals surface area contributed by atoms with Gasteiger partial charge in [0, 0.05) is 22.9 Å². The summed E-state index contributed by atoms with van der Waals surface area (Å²) in [6.07, 6.45) is 0. The molecule has 1 aromatic carbocycles. The lowest BCUT2D eigenvalue weighted by Gasteiger charge is -2.08. The van der Waals surface area contributed by atoms with Crippen LogP contribution >= 0.6 is 11.3 Å². The minimum atomic E-state index is -0.112. The average Bonchev–Trinajstić information content (AvgIpc) is 3.32. The minimum absolute atomic E-state index is 0.0568. The van der Waals surface area contributed by atoms with Crippen molar-refractivity contribution in [2.75, 3.05) is 12.1 Å². The zero-order chi connectivity index (χ0) is 18.3. The monoisotopic (exact) mass is 370 g/mol. The molecule has 0 saturated heterocycles. The van der Waals surface area contributed by atoms with Crippen LogP contribution in [0.5, 0.6) is 11.5 Å². The number of thiazole rings is 1. The van der Waals surface area contributed by atoms with Crippen molar-refractivity contribution < 1.29 is 14.3 Å².